The molecular formula is C79H67F4N13O8. The van der Waals surface area contributed by atoms with Gasteiger partial charge in [0.2, 0.25) is 0 Å². The topological polar surface area (TPSA) is 273 Å². The molecule has 0 saturated heterocycles. The highest BCUT2D eigenvalue weighted by Gasteiger charge is 2.19. The number of halogens is 4. The van der Waals surface area contributed by atoms with Crippen molar-refractivity contribution in [1.82, 2.24) is 64.8 Å². The van der Waals surface area contributed by atoms with Crippen molar-refractivity contribution in [2.75, 3.05) is 0 Å². The first kappa shape index (κ1) is 75.1. The lowest BCUT2D eigenvalue weighted by Crippen LogP contribution is -2.09. The molecule has 0 atom stereocenters. The second kappa shape index (κ2) is 37.4. The molecule has 0 spiro atoms. The summed E-state index contributed by atoms with van der Waals surface area (Å²) in [6, 6.07) is 32.0. The quantitative estimate of drug-likeness (QED) is 0.0309. The fraction of sp³-hybridized carbons (Fsp3) is 0.177. The molecule has 0 radical (unpaired) electrons. The van der Waals surface area contributed by atoms with Crippen molar-refractivity contribution in [2.45, 2.75) is 92.9 Å². The smallest absolute Gasteiger partial charge is 0.187 e. The van der Waals surface area contributed by atoms with Crippen molar-refractivity contribution >= 4 is 23.1 Å². The molecule has 12 aromatic rings. The van der Waals surface area contributed by atoms with Gasteiger partial charge in [-0.3, -0.25) is 54.1 Å². The fourth-order valence-electron chi connectivity index (χ4n) is 9.48. The van der Waals surface area contributed by atoms with Gasteiger partial charge in [-0.25, -0.2) is 47.5 Å². The Bertz CT molecular complexity index is 4860. The standard InChI is InChI=1S/2C20H18FN3O2.C20H16N4O2.C19H15F2N3O2/c1-3-15-7-17(26-18-6-14(21)11-22-12-18)9-19(24-15)20(25)8-16-5-4-13(2)10-23-16;1-3-15-8-17(26-18-7-14(21)11-22-12-18)10-19(24-15)20(25)9-16-6-4-5-13(2)23-16;1-3-14-5-6-16(23-10-14)8-20(25)19-9-17(7-15(4-2)24-19)26-18-11-21-13-22-12-18;1-2-14-7-16(26-17-6-13(21)10-22-11-17)9-18(24-14)19(25)8-15-5-12(20)3-4-23-15/h4-7,9-12H,3,8H2,1-2H3;4-8,10-12H,3,9H2,1-2H3;1,5-7,9-13H,4,8H2,2H3;3-7,9-11H,2,8H2,1H3. The predicted molar refractivity (Wildman–Crippen MR) is 376 cm³/mol. The third kappa shape index (κ3) is 23.5. The molecule has 21 nitrogen and oxygen atoms in total. The molecule has 0 unspecified atom stereocenters. The number of rotatable bonds is 24. The first-order chi connectivity index (χ1) is 50.3. The lowest BCUT2D eigenvalue weighted by atomic mass is 10.1. The van der Waals surface area contributed by atoms with Crippen LogP contribution in [0.4, 0.5) is 17.6 Å². The van der Waals surface area contributed by atoms with Crippen LogP contribution in [-0.2, 0) is 51.4 Å². The fourth-order valence-corrected chi connectivity index (χ4v) is 9.48. The molecule has 0 aliphatic heterocycles. The Balaban J connectivity index is 0.000000161. The first-order valence-electron chi connectivity index (χ1n) is 32.6. The van der Waals surface area contributed by atoms with E-state index in [4.69, 9.17) is 25.4 Å². The molecular weight excluding hydrogens is 1330 g/mol. The van der Waals surface area contributed by atoms with Crippen molar-refractivity contribution in [3.63, 3.8) is 0 Å². The van der Waals surface area contributed by atoms with E-state index < -0.39 is 23.3 Å². The van der Waals surface area contributed by atoms with Gasteiger partial charge in [-0.1, -0.05) is 45.7 Å². The summed E-state index contributed by atoms with van der Waals surface area (Å²) in [5, 5.41) is 0. The van der Waals surface area contributed by atoms with Crippen LogP contribution in [0.3, 0.4) is 0 Å². The largest absolute Gasteiger partial charge is 0.455 e. The summed E-state index contributed by atoms with van der Waals surface area (Å²) in [4.78, 5) is 104. The van der Waals surface area contributed by atoms with Crippen molar-refractivity contribution < 1.29 is 55.7 Å². The molecule has 12 rings (SSSR count). The van der Waals surface area contributed by atoms with Crippen LogP contribution in [0, 0.1) is 49.5 Å². The number of terminal acetylenes is 1. The third-order valence-corrected chi connectivity index (χ3v) is 14.6. The van der Waals surface area contributed by atoms with E-state index in [9.17, 15) is 36.7 Å². The number of hydrogen-bond acceptors (Lipinski definition) is 21. The Hall–Kier alpha value is -13.1. The molecule has 524 valence electrons. The summed E-state index contributed by atoms with van der Waals surface area (Å²) in [6.45, 7) is 11.5. The minimum Gasteiger partial charge on any atom is -0.455 e. The number of aryl methyl sites for hydroxylation is 6. The van der Waals surface area contributed by atoms with Gasteiger partial charge in [-0.15, -0.1) is 6.42 Å². The normalized spacial score (nSPS) is 10.5. The van der Waals surface area contributed by atoms with Crippen molar-refractivity contribution in [3.05, 3.63) is 304 Å². The van der Waals surface area contributed by atoms with Gasteiger partial charge >= 0.3 is 0 Å². The van der Waals surface area contributed by atoms with Gasteiger partial charge in [0.15, 0.2) is 28.9 Å². The molecule has 12 heterocycles. The highest BCUT2D eigenvalue weighted by molar-refractivity contribution is 5.97. The lowest BCUT2D eigenvalue weighted by molar-refractivity contribution is 0.0978. The van der Waals surface area contributed by atoms with Crippen LogP contribution in [-0.4, -0.2) is 87.9 Å². The highest BCUT2D eigenvalue weighted by Crippen LogP contribution is 2.28. The zero-order chi connectivity index (χ0) is 73.9. The summed E-state index contributed by atoms with van der Waals surface area (Å²) < 4.78 is 75.7. The average Bonchev–Trinajstić information content (AvgIpc) is 0.853. The molecule has 0 bridgehead atoms. The van der Waals surface area contributed by atoms with Gasteiger partial charge < -0.3 is 18.9 Å². The van der Waals surface area contributed by atoms with E-state index in [1.54, 1.807) is 79.4 Å². The van der Waals surface area contributed by atoms with Crippen LogP contribution < -0.4 is 18.9 Å². The molecule has 0 saturated carbocycles. The number of pyridine rings is 11. The summed E-state index contributed by atoms with van der Waals surface area (Å²) in [5.74, 6) is 2.70. The van der Waals surface area contributed by atoms with Crippen LogP contribution in [0.2, 0.25) is 0 Å². The van der Waals surface area contributed by atoms with Crippen molar-refractivity contribution in [1.29, 1.82) is 0 Å². The second-order valence-corrected chi connectivity index (χ2v) is 22.8. The van der Waals surface area contributed by atoms with Gasteiger partial charge in [0.25, 0.3) is 0 Å². The number of carbonyl (C=O) groups excluding carboxylic acids is 4. The predicted octanol–water partition coefficient (Wildman–Crippen LogP) is 15.2. The minimum absolute atomic E-state index is 0.0844. The molecule has 0 N–H and O–H groups in total. The van der Waals surface area contributed by atoms with Crippen LogP contribution >= 0.6 is 0 Å². The summed E-state index contributed by atoms with van der Waals surface area (Å²) in [6.07, 6.45) is 24.8. The van der Waals surface area contributed by atoms with E-state index in [2.05, 4.69) is 70.7 Å². The van der Waals surface area contributed by atoms with E-state index in [1.165, 1.54) is 67.5 Å². The number of Topliss-reactive ketones (excluding diaryl/α,β-unsaturated/α-hetero) is 4. The Morgan fingerprint density at radius 2 is 0.750 bits per heavy atom. The molecule has 25 heteroatoms. The molecule has 0 aliphatic carbocycles. The Kier molecular flexibility index (Phi) is 27.0. The maximum Gasteiger partial charge on any atom is 0.187 e. The maximum atomic E-state index is 13.3. The number of hydrogen-bond donors (Lipinski definition) is 0. The van der Waals surface area contributed by atoms with Crippen molar-refractivity contribution in [2.24, 2.45) is 0 Å². The SMILES string of the molecule is C#Cc1ccc(CC(=O)c2cc(Oc3cncnc3)cc(CC)n2)nc1.CCc1cc(Oc2cncc(F)c2)cc(C(=O)Cc2cc(F)ccn2)n1.CCc1cc(Oc2cncc(F)c2)cc(C(=O)Cc2ccc(C)cn2)n1.CCc1cc(Oc2cncc(F)c2)cc(C(=O)Cc2cccc(C)n2)n1. The molecule has 0 amide bonds. The Labute approximate surface area is 596 Å². The monoisotopic (exact) mass is 1400 g/mol. The Morgan fingerprint density at radius 3 is 1.12 bits per heavy atom. The number of nitrogens with zero attached hydrogens (tertiary/aromatic N) is 13. The van der Waals surface area contributed by atoms with Crippen molar-refractivity contribution in [3.8, 4) is 58.3 Å². The zero-order valence-corrected chi connectivity index (χ0v) is 57.3. The van der Waals surface area contributed by atoms with Gasteiger partial charge in [-0.05, 0) is 87.6 Å². The van der Waals surface area contributed by atoms with Gasteiger partial charge in [0.1, 0.15) is 92.6 Å². The number of ether oxygens (including phenoxy) is 4. The summed E-state index contributed by atoms with van der Waals surface area (Å²) in [5.41, 5.74) is 8.82. The van der Waals surface area contributed by atoms with Crippen LogP contribution in [0.1, 0.15) is 132 Å². The van der Waals surface area contributed by atoms with E-state index in [-0.39, 0.29) is 71.8 Å². The van der Waals surface area contributed by atoms with Gasteiger partial charge in [-0.2, -0.15) is 0 Å². The van der Waals surface area contributed by atoms with Crippen LogP contribution in [0.5, 0.6) is 46.0 Å². The number of ketones is 4. The lowest BCUT2D eigenvalue weighted by Gasteiger charge is -2.09. The van der Waals surface area contributed by atoms with E-state index in [0.717, 1.165) is 35.5 Å². The van der Waals surface area contributed by atoms with Crippen LogP contribution in [0.25, 0.3) is 0 Å². The molecule has 0 aliphatic rings. The molecule has 0 fully saturated rings. The van der Waals surface area contributed by atoms with E-state index in [1.807, 2.05) is 71.9 Å². The first-order valence-corrected chi connectivity index (χ1v) is 32.6. The second-order valence-electron chi connectivity index (χ2n) is 22.8. The maximum absolute atomic E-state index is 13.3. The average molecular weight is 1400 g/mol. The molecule has 0 aromatic carbocycles. The van der Waals surface area contributed by atoms with Gasteiger partial charge in [0, 0.05) is 136 Å². The summed E-state index contributed by atoms with van der Waals surface area (Å²) in [7, 11) is 0. The minimum atomic E-state index is -0.527. The number of aromatic nitrogens is 13. The molecule has 104 heavy (non-hydrogen) atoms. The van der Waals surface area contributed by atoms with E-state index in [0.29, 0.717) is 117 Å². The van der Waals surface area contributed by atoms with E-state index >= 15 is 0 Å². The zero-order valence-electron chi connectivity index (χ0n) is 57.3. The Morgan fingerprint density at radius 1 is 0.356 bits per heavy atom. The van der Waals surface area contributed by atoms with Crippen LogP contribution in [0.15, 0.2) is 196 Å². The third-order valence-electron chi connectivity index (χ3n) is 14.6. The summed E-state index contributed by atoms with van der Waals surface area (Å²) >= 11 is 0. The molecule has 12 aromatic heterocycles. The number of carbonyl (C=O) groups is 4. The highest BCUT2D eigenvalue weighted by atomic mass is 19.1. The van der Waals surface area contributed by atoms with Gasteiger partial charge in [0.05, 0.1) is 81.0 Å².